The zero-order chi connectivity index (χ0) is 45.5. The summed E-state index contributed by atoms with van der Waals surface area (Å²) in [4.78, 5) is 68.0. The van der Waals surface area contributed by atoms with Gasteiger partial charge in [-0.15, -0.1) is 0 Å². The fourth-order valence-electron chi connectivity index (χ4n) is 6.65. The van der Waals surface area contributed by atoms with Gasteiger partial charge < -0.3 is 42.6 Å². The van der Waals surface area contributed by atoms with Crippen molar-refractivity contribution in [3.05, 3.63) is 198 Å². The quantitative estimate of drug-likeness (QED) is 0.0397. The molecule has 5 atom stereocenters. The van der Waals surface area contributed by atoms with Gasteiger partial charge in [0.15, 0.2) is 23.7 Å². The molecule has 1 saturated heterocycles. The fourth-order valence-corrected chi connectivity index (χ4v) is 6.65. The molecule has 6 aromatic carbocycles. The predicted molar refractivity (Wildman–Crippen MR) is 234 cm³/mol. The maximum Gasteiger partial charge on any atom is 0.338 e. The normalized spacial score (nSPS) is 17.8. The Labute approximate surface area is 373 Å². The van der Waals surface area contributed by atoms with Crippen LogP contribution in [0.4, 0.5) is 0 Å². The zero-order valence-corrected chi connectivity index (χ0v) is 35.1. The summed E-state index contributed by atoms with van der Waals surface area (Å²) in [7, 11) is 2.73. The van der Waals surface area contributed by atoms with Gasteiger partial charge in [0.2, 0.25) is 18.1 Å². The van der Waals surface area contributed by atoms with Crippen molar-refractivity contribution in [3.63, 3.8) is 0 Å². The maximum atomic E-state index is 14.0. The number of hydrogen-bond acceptors (Lipinski definition) is 14. The van der Waals surface area contributed by atoms with Crippen molar-refractivity contribution < 1.29 is 66.6 Å². The first-order valence-corrected chi connectivity index (χ1v) is 20.2. The average molecular weight is 879 g/mol. The number of para-hydroxylation sites is 1. The minimum absolute atomic E-state index is 0.0691. The highest BCUT2D eigenvalue weighted by Crippen LogP contribution is 2.42. The first kappa shape index (κ1) is 44.8. The van der Waals surface area contributed by atoms with E-state index in [0.717, 1.165) is 0 Å². The molecule has 1 aliphatic rings. The first-order valence-electron chi connectivity index (χ1n) is 20.2. The molecule has 1 fully saturated rings. The van der Waals surface area contributed by atoms with Crippen molar-refractivity contribution in [2.75, 3.05) is 20.8 Å². The molecule has 65 heavy (non-hydrogen) atoms. The third-order valence-corrected chi connectivity index (χ3v) is 9.83. The molecular formula is C51H42O14. The van der Waals surface area contributed by atoms with Gasteiger partial charge >= 0.3 is 29.8 Å². The molecule has 0 aromatic heterocycles. The molecule has 0 bridgehead atoms. The predicted octanol–water partition coefficient (Wildman–Crippen LogP) is 7.96. The lowest BCUT2D eigenvalue weighted by molar-refractivity contribution is -0.275. The first-order chi connectivity index (χ1) is 31.7. The number of ether oxygens (including phenoxy) is 9. The molecular weight excluding hydrogens is 837 g/mol. The molecule has 0 aliphatic carbocycles. The van der Waals surface area contributed by atoms with Gasteiger partial charge in [-0.05, 0) is 84.4 Å². The highest BCUT2D eigenvalue weighted by atomic mass is 16.7. The molecule has 14 nitrogen and oxygen atoms in total. The van der Waals surface area contributed by atoms with Gasteiger partial charge in [-0.1, -0.05) is 91.0 Å². The van der Waals surface area contributed by atoms with Crippen molar-refractivity contribution in [2.45, 2.75) is 30.7 Å². The van der Waals surface area contributed by atoms with Gasteiger partial charge in [0.25, 0.3) is 0 Å². The van der Waals surface area contributed by atoms with Crippen LogP contribution in [0.25, 0.3) is 6.08 Å². The molecule has 1 heterocycles. The van der Waals surface area contributed by atoms with Crippen LogP contribution in [0, 0.1) is 0 Å². The number of carbonyl (C=O) groups excluding carboxylic acids is 5. The van der Waals surface area contributed by atoms with Crippen LogP contribution in [-0.4, -0.2) is 81.4 Å². The van der Waals surface area contributed by atoms with Gasteiger partial charge in [0.1, 0.15) is 18.5 Å². The summed E-state index contributed by atoms with van der Waals surface area (Å²) in [5, 5.41) is 0. The Morgan fingerprint density at radius 2 is 0.938 bits per heavy atom. The van der Waals surface area contributed by atoms with Crippen LogP contribution in [0.3, 0.4) is 0 Å². The van der Waals surface area contributed by atoms with E-state index in [4.69, 9.17) is 42.6 Å². The van der Waals surface area contributed by atoms with Gasteiger partial charge in [-0.25, -0.2) is 24.0 Å². The Balaban J connectivity index is 1.30. The Bertz CT molecular complexity index is 2560. The van der Waals surface area contributed by atoms with E-state index in [1.54, 1.807) is 115 Å². The minimum atomic E-state index is -1.71. The summed E-state index contributed by atoms with van der Waals surface area (Å²) in [6, 6.07) is 43.7. The number of hydrogen-bond donors (Lipinski definition) is 0. The van der Waals surface area contributed by atoms with Gasteiger partial charge in [0.05, 0.1) is 36.5 Å². The van der Waals surface area contributed by atoms with Crippen molar-refractivity contribution in [2.24, 2.45) is 0 Å². The van der Waals surface area contributed by atoms with Crippen LogP contribution in [0.1, 0.15) is 47.0 Å². The fraction of sp³-hybridized carbons (Fsp3) is 0.157. The second-order valence-electron chi connectivity index (χ2n) is 14.2. The van der Waals surface area contributed by atoms with Gasteiger partial charge in [0, 0.05) is 6.08 Å². The number of rotatable bonds is 16. The lowest BCUT2D eigenvalue weighted by Gasteiger charge is -2.44. The second-order valence-corrected chi connectivity index (χ2v) is 14.2. The topological polar surface area (TPSA) is 168 Å². The molecule has 0 saturated carbocycles. The molecule has 0 radical (unpaired) electrons. The van der Waals surface area contributed by atoms with E-state index >= 15 is 0 Å². The lowest BCUT2D eigenvalue weighted by atomic mass is 9.97. The van der Waals surface area contributed by atoms with Gasteiger partial charge in [-0.2, -0.15) is 0 Å². The zero-order valence-electron chi connectivity index (χ0n) is 35.1. The summed E-state index contributed by atoms with van der Waals surface area (Å²) in [5.41, 5.74) is 1.01. The molecule has 330 valence electrons. The summed E-state index contributed by atoms with van der Waals surface area (Å²) in [5.74, 6) is -3.58. The smallest absolute Gasteiger partial charge is 0.338 e. The van der Waals surface area contributed by atoms with E-state index in [1.807, 2.05) is 0 Å². The number of methoxy groups -OCH3 is 2. The molecule has 0 amide bonds. The average Bonchev–Trinajstić information content (AvgIpc) is 3.35. The highest BCUT2D eigenvalue weighted by molar-refractivity contribution is 5.92. The van der Waals surface area contributed by atoms with Crippen LogP contribution in [0.15, 0.2) is 170 Å². The van der Waals surface area contributed by atoms with Crippen molar-refractivity contribution in [1.82, 2.24) is 0 Å². The van der Waals surface area contributed by atoms with Crippen LogP contribution < -0.4 is 18.9 Å². The van der Waals surface area contributed by atoms with Gasteiger partial charge in [-0.3, -0.25) is 0 Å². The highest BCUT2D eigenvalue weighted by Gasteiger charge is 2.54. The van der Waals surface area contributed by atoms with Crippen LogP contribution >= 0.6 is 0 Å². The third-order valence-electron chi connectivity index (χ3n) is 9.83. The van der Waals surface area contributed by atoms with E-state index in [1.165, 1.54) is 74.9 Å². The van der Waals surface area contributed by atoms with Crippen molar-refractivity contribution >= 4 is 35.9 Å². The van der Waals surface area contributed by atoms with E-state index in [-0.39, 0.29) is 39.5 Å². The summed E-state index contributed by atoms with van der Waals surface area (Å²) in [6.45, 7) is -0.573. The van der Waals surface area contributed by atoms with Crippen LogP contribution in [0.2, 0.25) is 0 Å². The second kappa shape index (κ2) is 21.7. The summed E-state index contributed by atoms with van der Waals surface area (Å²) in [6.07, 6.45) is -5.44. The molecule has 0 unspecified atom stereocenters. The van der Waals surface area contributed by atoms with E-state index in [2.05, 4.69) is 0 Å². The molecule has 0 N–H and O–H groups in total. The number of benzene rings is 6. The minimum Gasteiger partial charge on any atom is -0.493 e. The van der Waals surface area contributed by atoms with E-state index < -0.39 is 67.2 Å². The van der Waals surface area contributed by atoms with Crippen LogP contribution in [0.5, 0.6) is 23.0 Å². The molecule has 7 rings (SSSR count). The third kappa shape index (κ3) is 11.6. The SMILES string of the molecule is COc1cc(C=CC(=O)Oc2ccccc2)cc(OC)c1O[C@@H]1O[C@H](COC(=O)c2ccccc2)[C@@H](OC(=O)c2ccccc2)[C@H](OC(=O)c2ccccc2)[C@H]1OC(=O)c1ccccc1. The number of esters is 5. The Hall–Kier alpha value is -8.23. The Kier molecular flexibility index (Phi) is 15.0. The van der Waals surface area contributed by atoms with E-state index in [9.17, 15) is 24.0 Å². The number of carbonyl (C=O) groups is 5. The van der Waals surface area contributed by atoms with Crippen molar-refractivity contribution in [1.29, 1.82) is 0 Å². The standard InChI is InChI=1S/C51H42O14/c1-57-39-30-33(28-29-42(52)60-38-26-16-7-17-27-38)31-40(58-2)43(39)65-51-46(64-50(56)37-24-14-6-15-25-37)45(63-49(55)36-22-12-5-13-23-36)44(62-48(54)35-20-10-4-11-21-35)41(61-51)32-59-47(53)34-18-8-3-9-19-34/h3-31,41,44-46,51H,32H2,1-2H3/t41-,44-,45+,46-,51+/m1/s1. The molecule has 14 heteroatoms. The molecule has 0 spiro atoms. The van der Waals surface area contributed by atoms with E-state index in [0.29, 0.717) is 11.3 Å². The maximum absolute atomic E-state index is 14.0. The summed E-state index contributed by atoms with van der Waals surface area (Å²) < 4.78 is 54.1. The largest absolute Gasteiger partial charge is 0.493 e. The van der Waals surface area contributed by atoms with Crippen LogP contribution in [-0.2, 0) is 28.5 Å². The Morgan fingerprint density at radius 3 is 1.40 bits per heavy atom. The molecule has 6 aromatic rings. The monoisotopic (exact) mass is 878 g/mol. The molecule has 1 aliphatic heterocycles. The van der Waals surface area contributed by atoms with Crippen molar-refractivity contribution in [3.8, 4) is 23.0 Å². The Morgan fingerprint density at radius 1 is 0.523 bits per heavy atom. The lowest BCUT2D eigenvalue weighted by Crippen LogP contribution is -2.64. The summed E-state index contributed by atoms with van der Waals surface area (Å²) >= 11 is 0.